The van der Waals surface area contributed by atoms with E-state index in [4.69, 9.17) is 15.2 Å². The fourth-order valence-corrected chi connectivity index (χ4v) is 3.07. The normalized spacial score (nSPS) is 10.6. The first kappa shape index (κ1) is 18.6. The minimum Gasteiger partial charge on any atom is -0.493 e. The predicted molar refractivity (Wildman–Crippen MR) is 115 cm³/mol. The van der Waals surface area contributed by atoms with Gasteiger partial charge >= 0.3 is 0 Å². The summed E-state index contributed by atoms with van der Waals surface area (Å²) in [5.41, 5.74) is 10.4. The molecule has 1 aromatic heterocycles. The van der Waals surface area contributed by atoms with Crippen LogP contribution in [0.4, 0.5) is 5.69 Å². The van der Waals surface area contributed by atoms with E-state index in [2.05, 4.69) is 22.3 Å². The number of hydrogen-bond acceptors (Lipinski definition) is 4. The summed E-state index contributed by atoms with van der Waals surface area (Å²) in [5.74, 6) is 1.47. The van der Waals surface area contributed by atoms with Crippen molar-refractivity contribution in [2.45, 2.75) is 13.0 Å². The summed E-state index contributed by atoms with van der Waals surface area (Å²) in [6, 6.07) is 27.7. The highest BCUT2D eigenvalue weighted by Crippen LogP contribution is 2.29. The molecule has 3 N–H and O–H groups in total. The second-order valence-corrected chi connectivity index (χ2v) is 6.69. The quantitative estimate of drug-likeness (QED) is 0.425. The van der Waals surface area contributed by atoms with Crippen molar-refractivity contribution in [3.05, 3.63) is 96.2 Å². The van der Waals surface area contributed by atoms with Crippen molar-refractivity contribution in [2.75, 3.05) is 12.3 Å². The van der Waals surface area contributed by atoms with Crippen LogP contribution in [0.3, 0.4) is 0 Å². The molecule has 0 atom stereocenters. The number of nitrogens with two attached hydrogens (primary N) is 1. The molecular weight excluding hydrogens is 362 g/mol. The highest BCUT2D eigenvalue weighted by molar-refractivity contribution is 5.67. The number of nitrogens with zero attached hydrogens (tertiary/aromatic N) is 1. The third-order valence-electron chi connectivity index (χ3n) is 4.59. The number of ether oxygens (including phenoxy) is 2. The smallest absolute Gasteiger partial charge is 0.142 e. The standard InChI is InChI=1S/C24H23N3O2/c25-21-11-5-7-13-24(21)29-17-19-16-22(27-26-19)20-10-4-6-12-23(20)28-15-14-18-8-2-1-3-9-18/h1-13,16H,14-15,17,25H2,(H,26,27). The summed E-state index contributed by atoms with van der Waals surface area (Å²) in [7, 11) is 0. The molecule has 0 saturated carbocycles. The Bertz CT molecular complexity index is 1060. The lowest BCUT2D eigenvalue weighted by Crippen LogP contribution is -2.02. The first-order valence-corrected chi connectivity index (χ1v) is 9.57. The van der Waals surface area contributed by atoms with E-state index in [-0.39, 0.29) is 0 Å². The fraction of sp³-hybridized carbons (Fsp3) is 0.125. The number of nitrogen functional groups attached to an aromatic ring is 1. The number of aromatic amines is 1. The van der Waals surface area contributed by atoms with Gasteiger partial charge in [0.25, 0.3) is 0 Å². The third-order valence-corrected chi connectivity index (χ3v) is 4.59. The maximum Gasteiger partial charge on any atom is 0.142 e. The molecule has 0 aliphatic carbocycles. The number of rotatable bonds is 8. The highest BCUT2D eigenvalue weighted by Gasteiger charge is 2.11. The Labute approximate surface area is 170 Å². The molecule has 4 aromatic rings. The Hall–Kier alpha value is -3.73. The lowest BCUT2D eigenvalue weighted by molar-refractivity contribution is 0.303. The van der Waals surface area contributed by atoms with E-state index >= 15 is 0 Å². The van der Waals surface area contributed by atoms with Gasteiger partial charge in [0.15, 0.2) is 0 Å². The zero-order valence-electron chi connectivity index (χ0n) is 16.0. The highest BCUT2D eigenvalue weighted by atomic mass is 16.5. The van der Waals surface area contributed by atoms with Crippen molar-refractivity contribution in [3.63, 3.8) is 0 Å². The first-order valence-electron chi connectivity index (χ1n) is 9.57. The van der Waals surface area contributed by atoms with Crippen molar-refractivity contribution < 1.29 is 9.47 Å². The molecule has 0 saturated heterocycles. The van der Waals surface area contributed by atoms with Crippen LogP contribution in [0.5, 0.6) is 11.5 Å². The number of benzene rings is 3. The van der Waals surface area contributed by atoms with Crippen LogP contribution in [0.15, 0.2) is 84.9 Å². The van der Waals surface area contributed by atoms with Gasteiger partial charge in [-0.2, -0.15) is 5.10 Å². The zero-order valence-corrected chi connectivity index (χ0v) is 16.0. The molecule has 0 aliphatic rings. The summed E-state index contributed by atoms with van der Waals surface area (Å²) >= 11 is 0. The number of para-hydroxylation sites is 3. The van der Waals surface area contributed by atoms with Gasteiger partial charge in [0.1, 0.15) is 18.1 Å². The summed E-state index contributed by atoms with van der Waals surface area (Å²) in [4.78, 5) is 0. The number of hydrogen-bond donors (Lipinski definition) is 2. The van der Waals surface area contributed by atoms with E-state index in [9.17, 15) is 0 Å². The van der Waals surface area contributed by atoms with E-state index in [1.807, 2.05) is 72.8 Å². The number of aromatic nitrogens is 2. The van der Waals surface area contributed by atoms with Crippen LogP contribution in [0.25, 0.3) is 11.3 Å². The summed E-state index contributed by atoms with van der Waals surface area (Å²) in [6.07, 6.45) is 0.854. The molecule has 1 heterocycles. The minimum atomic E-state index is 0.359. The van der Waals surface area contributed by atoms with Gasteiger partial charge in [-0.25, -0.2) is 0 Å². The van der Waals surface area contributed by atoms with Crippen LogP contribution in [0.1, 0.15) is 11.3 Å². The van der Waals surface area contributed by atoms with Crippen LogP contribution in [0, 0.1) is 0 Å². The molecule has 5 heteroatoms. The topological polar surface area (TPSA) is 73.2 Å². The summed E-state index contributed by atoms with van der Waals surface area (Å²) in [6.45, 7) is 0.965. The van der Waals surface area contributed by atoms with Gasteiger partial charge in [-0.3, -0.25) is 5.10 Å². The van der Waals surface area contributed by atoms with Crippen LogP contribution < -0.4 is 15.2 Å². The monoisotopic (exact) mass is 385 g/mol. The number of H-pyrrole nitrogens is 1. The van der Waals surface area contributed by atoms with Gasteiger partial charge in [0, 0.05) is 12.0 Å². The van der Waals surface area contributed by atoms with Gasteiger partial charge in [-0.05, 0) is 35.9 Å². The van der Waals surface area contributed by atoms with Crippen molar-refractivity contribution in [3.8, 4) is 22.8 Å². The minimum absolute atomic E-state index is 0.359. The number of anilines is 1. The average Bonchev–Trinajstić information content (AvgIpc) is 3.23. The lowest BCUT2D eigenvalue weighted by atomic mass is 10.1. The van der Waals surface area contributed by atoms with Gasteiger partial charge in [-0.15, -0.1) is 0 Å². The molecule has 3 aromatic carbocycles. The SMILES string of the molecule is Nc1ccccc1OCc1cc(-c2ccccc2OCCc2ccccc2)n[nH]1. The predicted octanol–water partition coefficient (Wildman–Crippen LogP) is 4.86. The Morgan fingerprint density at radius 1 is 0.793 bits per heavy atom. The van der Waals surface area contributed by atoms with E-state index in [0.717, 1.165) is 29.1 Å². The summed E-state index contributed by atoms with van der Waals surface area (Å²) in [5, 5.41) is 7.46. The molecule has 0 bridgehead atoms. The Morgan fingerprint density at radius 3 is 2.34 bits per heavy atom. The van der Waals surface area contributed by atoms with Crippen molar-refractivity contribution in [1.82, 2.24) is 10.2 Å². The van der Waals surface area contributed by atoms with E-state index in [1.54, 1.807) is 0 Å². The Balaban J connectivity index is 1.41. The largest absolute Gasteiger partial charge is 0.493 e. The van der Waals surface area contributed by atoms with Gasteiger partial charge < -0.3 is 15.2 Å². The fourth-order valence-electron chi connectivity index (χ4n) is 3.07. The maximum atomic E-state index is 6.05. The first-order chi connectivity index (χ1) is 14.3. The van der Waals surface area contributed by atoms with Crippen molar-refractivity contribution >= 4 is 5.69 Å². The average molecular weight is 385 g/mol. The van der Waals surface area contributed by atoms with E-state index in [0.29, 0.717) is 24.7 Å². The van der Waals surface area contributed by atoms with Gasteiger partial charge in [0.2, 0.25) is 0 Å². The molecule has 0 fully saturated rings. The molecule has 146 valence electrons. The Kier molecular flexibility index (Phi) is 5.76. The van der Waals surface area contributed by atoms with Gasteiger partial charge in [0.05, 0.1) is 23.7 Å². The zero-order chi connectivity index (χ0) is 19.9. The molecule has 0 radical (unpaired) electrons. The second kappa shape index (κ2) is 8.97. The molecule has 5 nitrogen and oxygen atoms in total. The van der Waals surface area contributed by atoms with E-state index < -0.39 is 0 Å². The van der Waals surface area contributed by atoms with Crippen molar-refractivity contribution in [2.24, 2.45) is 0 Å². The Morgan fingerprint density at radius 2 is 1.52 bits per heavy atom. The van der Waals surface area contributed by atoms with Crippen LogP contribution in [0.2, 0.25) is 0 Å². The van der Waals surface area contributed by atoms with E-state index in [1.165, 1.54) is 5.56 Å². The number of nitrogens with one attached hydrogen (secondary N) is 1. The molecule has 29 heavy (non-hydrogen) atoms. The second-order valence-electron chi connectivity index (χ2n) is 6.69. The molecular formula is C24H23N3O2. The molecule has 0 spiro atoms. The van der Waals surface area contributed by atoms with Crippen molar-refractivity contribution in [1.29, 1.82) is 0 Å². The van der Waals surface area contributed by atoms with Gasteiger partial charge in [-0.1, -0.05) is 54.6 Å². The molecule has 4 rings (SSSR count). The van der Waals surface area contributed by atoms with Crippen LogP contribution in [-0.4, -0.2) is 16.8 Å². The van der Waals surface area contributed by atoms with Crippen LogP contribution in [-0.2, 0) is 13.0 Å². The third kappa shape index (κ3) is 4.76. The molecule has 0 aliphatic heterocycles. The summed E-state index contributed by atoms with van der Waals surface area (Å²) < 4.78 is 11.8. The lowest BCUT2D eigenvalue weighted by Gasteiger charge is -2.10. The molecule has 0 unspecified atom stereocenters. The maximum absolute atomic E-state index is 6.05. The molecule has 0 amide bonds. The van der Waals surface area contributed by atoms with Crippen LogP contribution >= 0.6 is 0 Å².